The highest BCUT2D eigenvalue weighted by Crippen LogP contribution is 2.42. The van der Waals surface area contributed by atoms with Gasteiger partial charge in [-0.25, -0.2) is 9.38 Å². The minimum absolute atomic E-state index is 0.0110. The minimum Gasteiger partial charge on any atom is -0.369 e. The fourth-order valence-corrected chi connectivity index (χ4v) is 6.57. The summed E-state index contributed by atoms with van der Waals surface area (Å²) in [7, 11) is 0. The number of nitrogens with one attached hydrogen (secondary N) is 1. The predicted octanol–water partition coefficient (Wildman–Crippen LogP) is 5.24. The molecule has 11 heteroatoms. The zero-order valence-electron chi connectivity index (χ0n) is 19.9. The largest absolute Gasteiger partial charge is 0.369 e. The van der Waals surface area contributed by atoms with E-state index in [1.165, 1.54) is 40.9 Å². The highest BCUT2D eigenvalue weighted by atomic mass is 32.2. The number of thioether (sulfide) groups is 2. The molecule has 1 unspecified atom stereocenters. The van der Waals surface area contributed by atoms with Crippen LogP contribution in [0.15, 0.2) is 34.6 Å². The van der Waals surface area contributed by atoms with Crippen LogP contribution in [0.5, 0.6) is 0 Å². The van der Waals surface area contributed by atoms with E-state index in [1.54, 1.807) is 35.6 Å². The Hall–Kier alpha value is -2.47. The molecular formula is C24H25N5O3S3. The van der Waals surface area contributed by atoms with Gasteiger partial charge >= 0.3 is 0 Å². The summed E-state index contributed by atoms with van der Waals surface area (Å²) in [5, 5.41) is 14.3. The number of nitrogens with zero attached hydrogens (tertiary/aromatic N) is 4. The number of benzene rings is 1. The second kappa shape index (κ2) is 9.53. The fraction of sp³-hybridized carbons (Fsp3) is 0.375. The standard InChI is InChI=1S/C24H25N5O3S3/c1-5-24(3)10-16-17(11-32-24)35-21-19(16)20-27-28-23(29(20)22(26-21)33-4)34-12-18(31)25-15-8-6-14(7-9-15)13(2)30/h6-9H,5,10-12H2,1-4H3,(H,25,31). The second-order valence-electron chi connectivity index (χ2n) is 8.66. The monoisotopic (exact) mass is 527 g/mol. The van der Waals surface area contributed by atoms with Gasteiger partial charge in [0.15, 0.2) is 21.7 Å². The molecule has 3 aromatic heterocycles. The Balaban J connectivity index is 1.42. The summed E-state index contributed by atoms with van der Waals surface area (Å²) in [5.74, 6) is -0.000986. The molecule has 0 bridgehead atoms. The minimum atomic E-state index is -0.200. The van der Waals surface area contributed by atoms with E-state index in [1.807, 2.05) is 10.7 Å². The van der Waals surface area contributed by atoms with Gasteiger partial charge in [0, 0.05) is 22.5 Å². The summed E-state index contributed by atoms with van der Waals surface area (Å²) in [4.78, 5) is 31.1. The molecule has 0 saturated heterocycles. The molecule has 4 aromatic rings. The molecule has 35 heavy (non-hydrogen) atoms. The van der Waals surface area contributed by atoms with Crippen LogP contribution in [0.3, 0.4) is 0 Å². The van der Waals surface area contributed by atoms with Crippen LogP contribution in [-0.2, 0) is 22.6 Å². The Morgan fingerprint density at radius 1 is 1.23 bits per heavy atom. The lowest BCUT2D eigenvalue weighted by molar-refractivity contribution is -0.113. The number of aromatic nitrogens is 4. The number of hydrogen-bond acceptors (Lipinski definition) is 9. The molecule has 4 heterocycles. The van der Waals surface area contributed by atoms with Crippen LogP contribution < -0.4 is 5.32 Å². The number of carbonyl (C=O) groups is 2. The molecule has 0 spiro atoms. The molecule has 1 aromatic carbocycles. The summed E-state index contributed by atoms with van der Waals surface area (Å²) in [6.07, 6.45) is 3.72. The zero-order chi connectivity index (χ0) is 24.7. The van der Waals surface area contributed by atoms with Crippen molar-refractivity contribution >= 4 is 68.1 Å². The Morgan fingerprint density at radius 3 is 2.69 bits per heavy atom. The van der Waals surface area contributed by atoms with E-state index >= 15 is 0 Å². The number of thiophene rings is 1. The van der Waals surface area contributed by atoms with E-state index in [2.05, 4.69) is 29.4 Å². The lowest BCUT2D eigenvalue weighted by atomic mass is 9.90. The van der Waals surface area contributed by atoms with Gasteiger partial charge in [0.1, 0.15) is 4.83 Å². The maximum Gasteiger partial charge on any atom is 0.234 e. The molecule has 1 amide bonds. The van der Waals surface area contributed by atoms with Crippen LogP contribution in [0.2, 0.25) is 0 Å². The van der Waals surface area contributed by atoms with Gasteiger partial charge in [0.25, 0.3) is 0 Å². The Morgan fingerprint density at radius 2 is 2.00 bits per heavy atom. The van der Waals surface area contributed by atoms with Gasteiger partial charge in [0.05, 0.1) is 23.3 Å². The zero-order valence-corrected chi connectivity index (χ0v) is 22.3. The fourth-order valence-electron chi connectivity index (χ4n) is 4.09. The lowest BCUT2D eigenvalue weighted by Gasteiger charge is -2.32. The average Bonchev–Trinajstić information content (AvgIpc) is 3.43. The number of hydrogen-bond donors (Lipinski definition) is 1. The predicted molar refractivity (Wildman–Crippen MR) is 141 cm³/mol. The van der Waals surface area contributed by atoms with Gasteiger partial charge < -0.3 is 10.1 Å². The first-order chi connectivity index (χ1) is 16.8. The van der Waals surface area contributed by atoms with Gasteiger partial charge in [-0.1, -0.05) is 30.4 Å². The topological polar surface area (TPSA) is 98.5 Å². The molecule has 1 aliphatic rings. The first kappa shape index (κ1) is 24.2. The molecule has 0 saturated carbocycles. The van der Waals surface area contributed by atoms with E-state index in [4.69, 9.17) is 9.72 Å². The number of rotatable bonds is 7. The van der Waals surface area contributed by atoms with Crippen molar-refractivity contribution in [3.8, 4) is 0 Å². The van der Waals surface area contributed by atoms with Gasteiger partial charge in [-0.05, 0) is 56.4 Å². The number of Topliss-reactive ketones (excluding diaryl/α,β-unsaturated/α-hetero) is 1. The first-order valence-electron chi connectivity index (χ1n) is 11.2. The highest BCUT2D eigenvalue weighted by Gasteiger charge is 2.33. The number of ether oxygens (including phenoxy) is 1. The highest BCUT2D eigenvalue weighted by molar-refractivity contribution is 8.00. The van der Waals surface area contributed by atoms with Crippen LogP contribution in [0, 0.1) is 0 Å². The number of anilines is 1. The number of amides is 1. The first-order valence-corrected chi connectivity index (χ1v) is 14.3. The van der Waals surface area contributed by atoms with Gasteiger partial charge in [-0.3, -0.25) is 9.59 Å². The van der Waals surface area contributed by atoms with Crippen LogP contribution in [0.4, 0.5) is 5.69 Å². The molecule has 0 radical (unpaired) electrons. The lowest BCUT2D eigenvalue weighted by Crippen LogP contribution is -2.33. The SMILES string of the molecule is CCC1(C)Cc2c(sc3nc(SC)n4c(SCC(=O)Nc5ccc(C(C)=O)cc5)nnc4c23)CO1. The van der Waals surface area contributed by atoms with Gasteiger partial charge in [0.2, 0.25) is 5.91 Å². The average molecular weight is 528 g/mol. The van der Waals surface area contributed by atoms with Crippen molar-refractivity contribution in [3.63, 3.8) is 0 Å². The molecular weight excluding hydrogens is 502 g/mol. The molecule has 0 aliphatic carbocycles. The third kappa shape index (κ3) is 4.57. The molecule has 1 N–H and O–H groups in total. The van der Waals surface area contributed by atoms with Crippen LogP contribution >= 0.6 is 34.9 Å². The molecule has 8 nitrogen and oxygen atoms in total. The van der Waals surface area contributed by atoms with Crippen LogP contribution in [0.25, 0.3) is 15.9 Å². The maximum atomic E-state index is 12.6. The quantitative estimate of drug-likeness (QED) is 0.198. The Bertz CT molecular complexity index is 1450. The number of carbonyl (C=O) groups excluding carboxylic acids is 2. The van der Waals surface area contributed by atoms with E-state index in [9.17, 15) is 9.59 Å². The number of ketones is 1. The summed E-state index contributed by atoms with van der Waals surface area (Å²) in [6, 6.07) is 6.86. The van der Waals surface area contributed by atoms with Crippen molar-refractivity contribution < 1.29 is 14.3 Å². The molecule has 182 valence electrons. The van der Waals surface area contributed by atoms with E-state index < -0.39 is 0 Å². The third-order valence-corrected chi connectivity index (χ3v) is 8.93. The Kier molecular flexibility index (Phi) is 6.60. The maximum absolute atomic E-state index is 12.6. The summed E-state index contributed by atoms with van der Waals surface area (Å²) >= 11 is 4.52. The van der Waals surface area contributed by atoms with Crippen LogP contribution in [-0.4, -0.2) is 48.9 Å². The second-order valence-corrected chi connectivity index (χ2v) is 11.5. The molecule has 5 rings (SSSR count). The summed E-state index contributed by atoms with van der Waals surface area (Å²) in [5.41, 5.74) is 3.08. The summed E-state index contributed by atoms with van der Waals surface area (Å²) in [6.45, 7) is 6.40. The summed E-state index contributed by atoms with van der Waals surface area (Å²) < 4.78 is 8.10. The van der Waals surface area contributed by atoms with E-state index in [0.29, 0.717) is 23.0 Å². The molecule has 0 fully saturated rings. The smallest absolute Gasteiger partial charge is 0.234 e. The van der Waals surface area contributed by atoms with E-state index in [-0.39, 0.29) is 23.0 Å². The van der Waals surface area contributed by atoms with Crippen molar-refractivity contribution in [1.29, 1.82) is 0 Å². The van der Waals surface area contributed by atoms with Crippen LogP contribution in [0.1, 0.15) is 48.0 Å². The van der Waals surface area contributed by atoms with Gasteiger partial charge in [-0.2, -0.15) is 0 Å². The van der Waals surface area contributed by atoms with E-state index in [0.717, 1.165) is 33.9 Å². The van der Waals surface area contributed by atoms with Gasteiger partial charge in [-0.15, -0.1) is 21.5 Å². The third-order valence-electron chi connectivity index (χ3n) is 6.26. The van der Waals surface area contributed by atoms with Crippen molar-refractivity contribution in [3.05, 3.63) is 40.3 Å². The van der Waals surface area contributed by atoms with Crippen molar-refractivity contribution in [1.82, 2.24) is 19.6 Å². The Labute approximate surface area is 215 Å². The van der Waals surface area contributed by atoms with Crippen molar-refractivity contribution in [2.24, 2.45) is 0 Å². The molecule has 1 aliphatic heterocycles. The van der Waals surface area contributed by atoms with Crippen molar-refractivity contribution in [2.45, 2.75) is 56.1 Å². The molecule has 1 atom stereocenters. The van der Waals surface area contributed by atoms with Crippen molar-refractivity contribution in [2.75, 3.05) is 17.3 Å². The normalized spacial score (nSPS) is 17.6. The number of fused-ring (bicyclic) bond motifs is 5.